The van der Waals surface area contributed by atoms with Crippen LogP contribution in [0.4, 0.5) is 0 Å². The SMILES string of the molecule is CCCCOc1ccc(C(=O)N2CCCN(S(=O)(=O)c3cnc[nH]3)CC2)cc1. The van der Waals surface area contributed by atoms with Crippen LogP contribution in [0.2, 0.25) is 0 Å². The van der Waals surface area contributed by atoms with Crippen LogP contribution in [0.15, 0.2) is 41.8 Å². The Morgan fingerprint density at radius 3 is 2.64 bits per heavy atom. The van der Waals surface area contributed by atoms with Gasteiger partial charge in [-0.2, -0.15) is 4.31 Å². The number of unbranched alkanes of at least 4 members (excludes halogenated alkanes) is 1. The van der Waals surface area contributed by atoms with Crippen LogP contribution in [0.3, 0.4) is 0 Å². The molecule has 0 aliphatic carbocycles. The number of nitrogens with zero attached hydrogens (tertiary/aromatic N) is 3. The minimum Gasteiger partial charge on any atom is -0.494 e. The van der Waals surface area contributed by atoms with Gasteiger partial charge in [-0.25, -0.2) is 13.4 Å². The highest BCUT2D eigenvalue weighted by molar-refractivity contribution is 7.89. The summed E-state index contributed by atoms with van der Waals surface area (Å²) in [4.78, 5) is 20.9. The van der Waals surface area contributed by atoms with Crippen molar-refractivity contribution >= 4 is 15.9 Å². The van der Waals surface area contributed by atoms with Crippen molar-refractivity contribution in [1.29, 1.82) is 0 Å². The zero-order chi connectivity index (χ0) is 20.0. The number of rotatable bonds is 7. The first-order valence-electron chi connectivity index (χ1n) is 9.53. The molecule has 0 atom stereocenters. The monoisotopic (exact) mass is 406 g/mol. The first-order chi connectivity index (χ1) is 13.5. The van der Waals surface area contributed by atoms with Gasteiger partial charge in [0.05, 0.1) is 19.1 Å². The van der Waals surface area contributed by atoms with Crippen molar-refractivity contribution < 1.29 is 17.9 Å². The second-order valence-corrected chi connectivity index (χ2v) is 8.60. The number of H-pyrrole nitrogens is 1. The van der Waals surface area contributed by atoms with Crippen molar-refractivity contribution in [2.24, 2.45) is 0 Å². The van der Waals surface area contributed by atoms with E-state index >= 15 is 0 Å². The molecule has 8 nitrogen and oxygen atoms in total. The molecule has 1 N–H and O–H groups in total. The Morgan fingerprint density at radius 2 is 1.96 bits per heavy atom. The number of hydrogen-bond donors (Lipinski definition) is 1. The standard InChI is InChI=1S/C19H26N4O4S/c1-2-3-13-27-17-7-5-16(6-8-17)19(24)22-9-4-10-23(12-11-22)28(25,26)18-14-20-15-21-18/h5-8,14-15H,2-4,9-13H2,1H3,(H,20,21). The van der Waals surface area contributed by atoms with Gasteiger partial charge in [-0.1, -0.05) is 13.3 Å². The molecule has 152 valence electrons. The number of aromatic amines is 1. The van der Waals surface area contributed by atoms with Crippen molar-refractivity contribution in [3.63, 3.8) is 0 Å². The molecule has 1 aromatic carbocycles. The number of ether oxygens (including phenoxy) is 1. The van der Waals surface area contributed by atoms with E-state index in [0.717, 1.165) is 18.6 Å². The van der Waals surface area contributed by atoms with Gasteiger partial charge in [0.15, 0.2) is 5.03 Å². The fourth-order valence-electron chi connectivity index (χ4n) is 3.07. The molecule has 9 heteroatoms. The maximum atomic E-state index is 12.8. The number of benzene rings is 1. The Balaban J connectivity index is 1.61. The van der Waals surface area contributed by atoms with Gasteiger partial charge < -0.3 is 14.6 Å². The van der Waals surface area contributed by atoms with Crippen LogP contribution in [0.5, 0.6) is 5.75 Å². The molecule has 1 aliphatic heterocycles. The normalized spacial score (nSPS) is 16.0. The fourth-order valence-corrected chi connectivity index (χ4v) is 4.44. The van der Waals surface area contributed by atoms with Gasteiger partial charge in [0.25, 0.3) is 15.9 Å². The molecular weight excluding hydrogens is 380 g/mol. The second-order valence-electron chi connectivity index (χ2n) is 6.69. The molecule has 28 heavy (non-hydrogen) atoms. The van der Waals surface area contributed by atoms with Crippen LogP contribution < -0.4 is 4.74 Å². The molecule has 0 saturated carbocycles. The van der Waals surface area contributed by atoms with Gasteiger partial charge in [-0.15, -0.1) is 0 Å². The quantitative estimate of drug-likeness (QED) is 0.711. The summed E-state index contributed by atoms with van der Waals surface area (Å²) in [7, 11) is -3.61. The van der Waals surface area contributed by atoms with E-state index in [4.69, 9.17) is 4.74 Å². The molecule has 1 saturated heterocycles. The maximum Gasteiger partial charge on any atom is 0.260 e. The highest BCUT2D eigenvalue weighted by Crippen LogP contribution is 2.18. The van der Waals surface area contributed by atoms with Gasteiger partial charge in [0.1, 0.15) is 5.75 Å². The van der Waals surface area contributed by atoms with E-state index in [-0.39, 0.29) is 17.5 Å². The van der Waals surface area contributed by atoms with Crippen LogP contribution in [0.25, 0.3) is 0 Å². The first kappa shape index (κ1) is 20.3. The molecule has 3 rings (SSSR count). The molecule has 2 heterocycles. The maximum absolute atomic E-state index is 12.8. The second kappa shape index (κ2) is 9.20. The molecule has 1 amide bonds. The van der Waals surface area contributed by atoms with Crippen molar-refractivity contribution in [3.05, 3.63) is 42.4 Å². The zero-order valence-corrected chi connectivity index (χ0v) is 16.8. The summed E-state index contributed by atoms with van der Waals surface area (Å²) in [6.45, 7) is 4.26. The number of nitrogens with one attached hydrogen (secondary N) is 1. The Kier molecular flexibility index (Phi) is 6.69. The Hall–Kier alpha value is -2.39. The summed E-state index contributed by atoms with van der Waals surface area (Å²) in [5.41, 5.74) is 0.577. The van der Waals surface area contributed by atoms with Crippen LogP contribution in [0, 0.1) is 0 Å². The van der Waals surface area contributed by atoms with Crippen molar-refractivity contribution in [1.82, 2.24) is 19.2 Å². The number of carbonyl (C=O) groups excluding carboxylic acids is 1. The van der Waals surface area contributed by atoms with E-state index in [2.05, 4.69) is 16.9 Å². The number of hydrogen-bond acceptors (Lipinski definition) is 5. The molecule has 2 aromatic rings. The van der Waals surface area contributed by atoms with Gasteiger partial charge in [-0.3, -0.25) is 4.79 Å². The lowest BCUT2D eigenvalue weighted by Gasteiger charge is -2.21. The van der Waals surface area contributed by atoms with E-state index in [1.165, 1.54) is 16.8 Å². The number of sulfonamides is 1. The van der Waals surface area contributed by atoms with Crippen LogP contribution in [-0.4, -0.2) is 66.3 Å². The molecule has 1 aromatic heterocycles. The third kappa shape index (κ3) is 4.71. The predicted molar refractivity (Wildman–Crippen MR) is 105 cm³/mol. The highest BCUT2D eigenvalue weighted by Gasteiger charge is 2.29. The minimum absolute atomic E-state index is 0.0749. The lowest BCUT2D eigenvalue weighted by molar-refractivity contribution is 0.0764. The van der Waals surface area contributed by atoms with Gasteiger partial charge in [-0.05, 0) is 37.1 Å². The Bertz CT molecular complexity index is 866. The van der Waals surface area contributed by atoms with Crippen molar-refractivity contribution in [3.8, 4) is 5.75 Å². The summed E-state index contributed by atoms with van der Waals surface area (Å²) in [6.07, 6.45) is 5.28. The van der Waals surface area contributed by atoms with Gasteiger partial charge in [0.2, 0.25) is 0 Å². The highest BCUT2D eigenvalue weighted by atomic mass is 32.2. The lowest BCUT2D eigenvalue weighted by Crippen LogP contribution is -2.37. The number of aromatic nitrogens is 2. The van der Waals surface area contributed by atoms with E-state index in [1.807, 2.05) is 0 Å². The van der Waals surface area contributed by atoms with E-state index in [9.17, 15) is 13.2 Å². The molecule has 0 bridgehead atoms. The fraction of sp³-hybridized carbons (Fsp3) is 0.474. The largest absolute Gasteiger partial charge is 0.494 e. The summed E-state index contributed by atoms with van der Waals surface area (Å²) in [6, 6.07) is 7.12. The van der Waals surface area contributed by atoms with E-state index in [1.54, 1.807) is 29.2 Å². The van der Waals surface area contributed by atoms with Crippen LogP contribution >= 0.6 is 0 Å². The predicted octanol–water partition coefficient (Wildman–Crippen LogP) is 2.13. The number of imidazole rings is 1. The van der Waals surface area contributed by atoms with Crippen molar-refractivity contribution in [2.75, 3.05) is 32.8 Å². The number of carbonyl (C=O) groups is 1. The molecule has 1 fully saturated rings. The molecular formula is C19H26N4O4S. The average Bonchev–Trinajstić information content (AvgIpc) is 3.14. The lowest BCUT2D eigenvalue weighted by atomic mass is 10.2. The molecule has 1 aliphatic rings. The third-order valence-electron chi connectivity index (χ3n) is 4.70. The smallest absolute Gasteiger partial charge is 0.260 e. The first-order valence-corrected chi connectivity index (χ1v) is 11.0. The molecule has 0 spiro atoms. The summed E-state index contributed by atoms with van der Waals surface area (Å²) in [5, 5.41) is 0.0749. The zero-order valence-electron chi connectivity index (χ0n) is 16.0. The summed E-state index contributed by atoms with van der Waals surface area (Å²) in [5.74, 6) is 0.651. The van der Waals surface area contributed by atoms with Gasteiger partial charge >= 0.3 is 0 Å². The third-order valence-corrected chi connectivity index (χ3v) is 6.52. The topological polar surface area (TPSA) is 95.6 Å². The Morgan fingerprint density at radius 1 is 1.18 bits per heavy atom. The van der Waals surface area contributed by atoms with Crippen LogP contribution in [0.1, 0.15) is 36.5 Å². The Labute approximate surface area is 165 Å². The minimum atomic E-state index is -3.61. The number of amides is 1. The molecule has 0 unspecified atom stereocenters. The van der Waals surface area contributed by atoms with E-state index < -0.39 is 10.0 Å². The van der Waals surface area contributed by atoms with Crippen molar-refractivity contribution in [2.45, 2.75) is 31.2 Å². The van der Waals surface area contributed by atoms with Gasteiger partial charge in [0, 0.05) is 31.7 Å². The average molecular weight is 407 g/mol. The molecule has 0 radical (unpaired) electrons. The van der Waals surface area contributed by atoms with E-state index in [0.29, 0.717) is 38.2 Å². The summed E-state index contributed by atoms with van der Waals surface area (Å²) >= 11 is 0. The van der Waals surface area contributed by atoms with Crippen LogP contribution in [-0.2, 0) is 10.0 Å². The summed E-state index contributed by atoms with van der Waals surface area (Å²) < 4.78 is 32.3.